The molecule has 0 aliphatic carbocycles. The molecule has 1 unspecified atom stereocenters. The maximum absolute atomic E-state index is 15.1. The summed E-state index contributed by atoms with van der Waals surface area (Å²) in [7, 11) is 0. The number of ether oxygens (including phenoxy) is 3. The number of hydrogen-bond donors (Lipinski definition) is 1. The van der Waals surface area contributed by atoms with Gasteiger partial charge in [-0.2, -0.15) is 10.1 Å². The molecule has 0 radical (unpaired) electrons. The number of fused-ring (bicyclic) bond motifs is 2. The van der Waals surface area contributed by atoms with Gasteiger partial charge in [-0.25, -0.2) is 23.8 Å². The Balaban J connectivity index is 1.32. The summed E-state index contributed by atoms with van der Waals surface area (Å²) in [4.78, 5) is 29.6. The topological polar surface area (TPSA) is 134 Å². The van der Waals surface area contributed by atoms with Crippen molar-refractivity contribution in [2.24, 2.45) is 0 Å². The van der Waals surface area contributed by atoms with Crippen LogP contribution in [0.4, 0.5) is 20.8 Å². The number of nitrogens with two attached hydrogens (primary N) is 1. The van der Waals surface area contributed by atoms with E-state index >= 15 is 4.39 Å². The molecule has 2 aliphatic rings. The Labute approximate surface area is 246 Å². The number of carbonyl (C=O) groups excluding carboxylic acids is 1. The van der Waals surface area contributed by atoms with Crippen molar-refractivity contribution in [2.45, 2.75) is 51.9 Å². The van der Waals surface area contributed by atoms with E-state index in [1.165, 1.54) is 12.4 Å². The van der Waals surface area contributed by atoms with Crippen LogP contribution in [0.25, 0.3) is 21.8 Å². The minimum atomic E-state index is -0.664. The van der Waals surface area contributed by atoms with Crippen LogP contribution in [-0.2, 0) is 9.47 Å². The van der Waals surface area contributed by atoms with Gasteiger partial charge in [0.2, 0.25) is 5.88 Å². The number of nitrogens with zero attached hydrogens (tertiary/aromatic N) is 7. The second-order valence-corrected chi connectivity index (χ2v) is 11.7. The maximum atomic E-state index is 15.1. The van der Waals surface area contributed by atoms with Crippen molar-refractivity contribution in [2.75, 3.05) is 43.4 Å². The highest BCUT2D eigenvalue weighted by atomic mass is 35.5. The Morgan fingerprint density at radius 1 is 1.14 bits per heavy atom. The van der Waals surface area contributed by atoms with Gasteiger partial charge in [0, 0.05) is 38.9 Å². The van der Waals surface area contributed by atoms with Crippen LogP contribution in [0.1, 0.15) is 46.3 Å². The molecule has 0 saturated carbocycles. The van der Waals surface area contributed by atoms with Gasteiger partial charge < -0.3 is 29.7 Å². The fourth-order valence-corrected chi connectivity index (χ4v) is 5.43. The van der Waals surface area contributed by atoms with Gasteiger partial charge in [0.05, 0.1) is 22.5 Å². The number of piperazine rings is 1. The SMILES string of the molecule is CC(C)(C)OC(=O)N1CCN(c2ncnc3c(Oc4c(Cl)c(F)cc5c4cnn5C4CCCCO4)nc(N)cc23)CC1. The minimum absolute atomic E-state index is 0.0523. The predicted molar refractivity (Wildman–Crippen MR) is 155 cm³/mol. The van der Waals surface area contributed by atoms with Gasteiger partial charge in [-0.05, 0) is 46.1 Å². The molecule has 222 valence electrons. The van der Waals surface area contributed by atoms with Crippen LogP contribution in [0, 0.1) is 5.82 Å². The predicted octanol–water partition coefficient (Wildman–Crippen LogP) is 5.30. The van der Waals surface area contributed by atoms with Crippen molar-refractivity contribution in [1.82, 2.24) is 29.6 Å². The minimum Gasteiger partial charge on any atom is -0.444 e. The molecule has 6 rings (SSSR count). The van der Waals surface area contributed by atoms with Crippen LogP contribution >= 0.6 is 11.6 Å². The lowest BCUT2D eigenvalue weighted by Gasteiger charge is -2.36. The summed E-state index contributed by atoms with van der Waals surface area (Å²) >= 11 is 6.43. The largest absolute Gasteiger partial charge is 0.444 e. The summed E-state index contributed by atoms with van der Waals surface area (Å²) < 4.78 is 34.3. The highest BCUT2D eigenvalue weighted by Crippen LogP contribution is 2.42. The lowest BCUT2D eigenvalue weighted by Crippen LogP contribution is -2.50. The fourth-order valence-electron chi connectivity index (χ4n) is 5.23. The molecule has 2 saturated heterocycles. The van der Waals surface area contributed by atoms with Gasteiger partial charge in [0.15, 0.2) is 12.0 Å². The van der Waals surface area contributed by atoms with Gasteiger partial charge in [-0.15, -0.1) is 0 Å². The lowest BCUT2D eigenvalue weighted by atomic mass is 10.2. The Bertz CT molecular complexity index is 1640. The van der Waals surface area contributed by atoms with E-state index in [0.29, 0.717) is 60.4 Å². The molecule has 0 spiro atoms. The molecule has 2 N–H and O–H groups in total. The molecule has 42 heavy (non-hydrogen) atoms. The number of hydrogen-bond acceptors (Lipinski definition) is 10. The van der Waals surface area contributed by atoms with E-state index in [9.17, 15) is 4.79 Å². The molecule has 14 heteroatoms. The number of benzene rings is 1. The molecular formula is C28H32ClFN8O4. The molecule has 1 atom stereocenters. The van der Waals surface area contributed by atoms with Crippen LogP contribution in [-0.4, -0.2) is 74.1 Å². The number of halogens is 2. The third kappa shape index (κ3) is 5.45. The Morgan fingerprint density at radius 2 is 1.93 bits per heavy atom. The third-order valence-corrected chi connectivity index (χ3v) is 7.55. The van der Waals surface area contributed by atoms with Crippen molar-refractivity contribution in [3.05, 3.63) is 35.5 Å². The fraction of sp³-hybridized carbons (Fsp3) is 0.464. The summed E-state index contributed by atoms with van der Waals surface area (Å²) in [5.41, 5.74) is 6.50. The van der Waals surface area contributed by atoms with Crippen LogP contribution in [0.15, 0.2) is 24.7 Å². The number of nitrogen functional groups attached to an aromatic ring is 1. The summed E-state index contributed by atoms with van der Waals surface area (Å²) in [6.07, 6.45) is 5.06. The van der Waals surface area contributed by atoms with E-state index in [1.54, 1.807) is 21.8 Å². The van der Waals surface area contributed by atoms with Crippen molar-refractivity contribution in [3.63, 3.8) is 0 Å². The molecule has 1 amide bonds. The van der Waals surface area contributed by atoms with E-state index in [-0.39, 0.29) is 34.8 Å². The van der Waals surface area contributed by atoms with Crippen molar-refractivity contribution < 1.29 is 23.4 Å². The zero-order valence-corrected chi connectivity index (χ0v) is 24.4. The first-order valence-corrected chi connectivity index (χ1v) is 14.3. The third-order valence-electron chi connectivity index (χ3n) is 7.20. The van der Waals surface area contributed by atoms with Gasteiger partial charge in [-0.1, -0.05) is 11.6 Å². The zero-order chi connectivity index (χ0) is 29.6. The zero-order valence-electron chi connectivity index (χ0n) is 23.6. The molecule has 3 aromatic heterocycles. The molecule has 2 fully saturated rings. The number of amides is 1. The first-order valence-electron chi connectivity index (χ1n) is 13.9. The van der Waals surface area contributed by atoms with Gasteiger partial charge in [-0.3, -0.25) is 0 Å². The first-order chi connectivity index (χ1) is 20.1. The summed E-state index contributed by atoms with van der Waals surface area (Å²) in [5.74, 6) is 0.218. The second kappa shape index (κ2) is 11.0. The van der Waals surface area contributed by atoms with E-state index in [2.05, 4.69) is 20.1 Å². The van der Waals surface area contributed by atoms with Gasteiger partial charge in [0.1, 0.15) is 39.9 Å². The Kier molecular flexibility index (Phi) is 7.39. The quantitative estimate of drug-likeness (QED) is 0.330. The standard InChI is InChI=1S/C28H32ClFN8O4/c1-28(2,3)42-27(39)37-9-7-36(8-10-37)25-16-12-20(31)35-26(23(16)32-15-33-25)41-24-17-14-34-38(21-6-4-5-11-40-21)19(17)13-18(30)22(24)29/h12-15,21H,4-11H2,1-3H3,(H2,31,35). The number of rotatable bonds is 4. The monoisotopic (exact) mass is 598 g/mol. The smallest absolute Gasteiger partial charge is 0.410 e. The normalized spacial score (nSPS) is 18.1. The Hall–Kier alpha value is -3.97. The average molecular weight is 599 g/mol. The second-order valence-electron chi connectivity index (χ2n) is 11.3. The molecule has 2 aliphatic heterocycles. The molecular weight excluding hydrogens is 567 g/mol. The van der Waals surface area contributed by atoms with Gasteiger partial charge in [0.25, 0.3) is 0 Å². The molecule has 4 aromatic rings. The van der Waals surface area contributed by atoms with Crippen molar-refractivity contribution in [1.29, 1.82) is 0 Å². The summed E-state index contributed by atoms with van der Waals surface area (Å²) in [6, 6.07) is 3.00. The molecule has 1 aromatic carbocycles. The van der Waals surface area contributed by atoms with Crippen molar-refractivity contribution >= 4 is 51.1 Å². The number of anilines is 2. The summed E-state index contributed by atoms with van der Waals surface area (Å²) in [5, 5.41) is 5.36. The van der Waals surface area contributed by atoms with Crippen LogP contribution in [0.5, 0.6) is 11.6 Å². The average Bonchev–Trinajstić information content (AvgIpc) is 3.38. The van der Waals surface area contributed by atoms with Crippen molar-refractivity contribution in [3.8, 4) is 11.6 Å². The van der Waals surface area contributed by atoms with Gasteiger partial charge >= 0.3 is 6.09 Å². The van der Waals surface area contributed by atoms with E-state index in [0.717, 1.165) is 19.3 Å². The molecule has 5 heterocycles. The molecule has 12 nitrogen and oxygen atoms in total. The Morgan fingerprint density at radius 3 is 2.64 bits per heavy atom. The van der Waals surface area contributed by atoms with E-state index in [4.69, 9.17) is 31.5 Å². The van der Waals surface area contributed by atoms with Crippen LogP contribution < -0.4 is 15.4 Å². The van der Waals surface area contributed by atoms with Crippen LogP contribution in [0.3, 0.4) is 0 Å². The number of pyridine rings is 1. The number of carbonyl (C=O) groups is 1. The van der Waals surface area contributed by atoms with Crippen LogP contribution in [0.2, 0.25) is 5.02 Å². The highest BCUT2D eigenvalue weighted by molar-refractivity contribution is 6.33. The maximum Gasteiger partial charge on any atom is 0.410 e. The first kappa shape index (κ1) is 28.2. The lowest BCUT2D eigenvalue weighted by molar-refractivity contribution is -0.0366. The highest BCUT2D eigenvalue weighted by Gasteiger charge is 2.28. The van der Waals surface area contributed by atoms with E-state index < -0.39 is 11.4 Å². The van der Waals surface area contributed by atoms with E-state index in [1.807, 2.05) is 25.7 Å². The molecule has 0 bridgehead atoms. The number of aromatic nitrogens is 5. The summed E-state index contributed by atoms with van der Waals surface area (Å²) in [6.45, 7) is 8.07.